The molecule has 1 heterocycles. The Morgan fingerprint density at radius 1 is 1.13 bits per heavy atom. The lowest BCUT2D eigenvalue weighted by molar-refractivity contribution is 0.0974. The van der Waals surface area contributed by atoms with Gasteiger partial charge in [-0.15, -0.1) is 0 Å². The van der Waals surface area contributed by atoms with Gasteiger partial charge in [0.1, 0.15) is 5.69 Å². The SMILES string of the molecule is CCCCCC(=O)c1cc(NS(=O)(=O)c2ccccc2)ccn1. The van der Waals surface area contributed by atoms with Crippen molar-refractivity contribution < 1.29 is 13.2 Å². The summed E-state index contributed by atoms with van der Waals surface area (Å²) in [5.41, 5.74) is 0.622. The molecule has 0 amide bonds. The number of Topliss-reactive ketones (excluding diaryl/α,β-unsaturated/α-hetero) is 1. The number of ketones is 1. The minimum Gasteiger partial charge on any atom is -0.292 e. The maximum atomic E-state index is 12.3. The molecule has 0 bridgehead atoms. The quantitative estimate of drug-likeness (QED) is 0.591. The molecule has 2 rings (SSSR count). The van der Waals surface area contributed by atoms with Gasteiger partial charge in [0.2, 0.25) is 0 Å². The molecule has 1 aromatic heterocycles. The number of benzene rings is 1. The van der Waals surface area contributed by atoms with Crippen molar-refractivity contribution in [1.82, 2.24) is 4.98 Å². The zero-order valence-corrected chi connectivity index (χ0v) is 13.8. The zero-order chi connectivity index (χ0) is 16.7. The van der Waals surface area contributed by atoms with Gasteiger partial charge in [-0.25, -0.2) is 8.42 Å². The third kappa shape index (κ3) is 4.89. The number of hydrogen-bond donors (Lipinski definition) is 1. The van der Waals surface area contributed by atoms with Crippen LogP contribution >= 0.6 is 0 Å². The standard InChI is InChI=1S/C17H20N2O3S/c1-2-3-5-10-17(20)16-13-14(11-12-18-16)19-23(21,22)15-8-6-4-7-9-15/h4,6-9,11-13H,2-3,5,10H2,1H3,(H,18,19). The molecule has 122 valence electrons. The number of rotatable bonds is 8. The smallest absolute Gasteiger partial charge is 0.261 e. The fourth-order valence-corrected chi connectivity index (χ4v) is 3.19. The summed E-state index contributed by atoms with van der Waals surface area (Å²) in [6, 6.07) is 11.1. The van der Waals surface area contributed by atoms with Crippen molar-refractivity contribution in [3.8, 4) is 0 Å². The average molecular weight is 332 g/mol. The number of carbonyl (C=O) groups is 1. The Labute approximate surface area is 136 Å². The first kappa shape index (κ1) is 17.1. The van der Waals surface area contributed by atoms with Crippen LogP contribution in [-0.4, -0.2) is 19.2 Å². The second-order valence-corrected chi connectivity index (χ2v) is 6.91. The molecule has 0 saturated carbocycles. The monoisotopic (exact) mass is 332 g/mol. The molecule has 1 N–H and O–H groups in total. The van der Waals surface area contributed by atoms with Crippen molar-refractivity contribution in [1.29, 1.82) is 0 Å². The number of sulfonamides is 1. The van der Waals surface area contributed by atoms with E-state index in [4.69, 9.17) is 0 Å². The Morgan fingerprint density at radius 2 is 1.87 bits per heavy atom. The highest BCUT2D eigenvalue weighted by Gasteiger charge is 2.15. The summed E-state index contributed by atoms with van der Waals surface area (Å²) < 4.78 is 27.0. The zero-order valence-electron chi connectivity index (χ0n) is 13.0. The van der Waals surface area contributed by atoms with Gasteiger partial charge in [0.05, 0.1) is 10.6 Å². The van der Waals surface area contributed by atoms with Gasteiger partial charge in [-0.3, -0.25) is 14.5 Å². The molecule has 0 atom stereocenters. The molecule has 0 radical (unpaired) electrons. The number of hydrogen-bond acceptors (Lipinski definition) is 4. The molecule has 0 aliphatic rings. The van der Waals surface area contributed by atoms with Crippen LogP contribution in [0, 0.1) is 0 Å². The average Bonchev–Trinajstić information content (AvgIpc) is 2.55. The highest BCUT2D eigenvalue weighted by Crippen LogP contribution is 2.17. The van der Waals surface area contributed by atoms with E-state index in [1.54, 1.807) is 18.2 Å². The number of aromatic nitrogens is 1. The van der Waals surface area contributed by atoms with Gasteiger partial charge < -0.3 is 0 Å². The van der Waals surface area contributed by atoms with Gasteiger partial charge in [0, 0.05) is 12.6 Å². The van der Waals surface area contributed by atoms with E-state index in [1.807, 2.05) is 0 Å². The van der Waals surface area contributed by atoms with E-state index in [1.165, 1.54) is 30.5 Å². The van der Waals surface area contributed by atoms with Crippen molar-refractivity contribution in [2.24, 2.45) is 0 Å². The van der Waals surface area contributed by atoms with Crippen molar-refractivity contribution in [2.75, 3.05) is 4.72 Å². The van der Waals surface area contributed by atoms with Crippen molar-refractivity contribution >= 4 is 21.5 Å². The summed E-state index contributed by atoms with van der Waals surface area (Å²) in [6.07, 6.45) is 4.71. The highest BCUT2D eigenvalue weighted by molar-refractivity contribution is 7.92. The molecular formula is C17H20N2O3S. The summed E-state index contributed by atoms with van der Waals surface area (Å²) in [7, 11) is -3.67. The number of unbranched alkanes of at least 4 members (excludes halogenated alkanes) is 2. The van der Waals surface area contributed by atoms with Crippen molar-refractivity contribution in [3.63, 3.8) is 0 Å². The van der Waals surface area contributed by atoms with Crippen LogP contribution < -0.4 is 4.72 Å². The lowest BCUT2D eigenvalue weighted by atomic mass is 10.1. The summed E-state index contributed by atoms with van der Waals surface area (Å²) in [5, 5.41) is 0. The van der Waals surface area contributed by atoms with Gasteiger partial charge in [-0.1, -0.05) is 38.0 Å². The second-order valence-electron chi connectivity index (χ2n) is 5.23. The Hall–Kier alpha value is -2.21. The van der Waals surface area contributed by atoms with E-state index in [0.29, 0.717) is 12.1 Å². The molecule has 0 aliphatic carbocycles. The van der Waals surface area contributed by atoms with E-state index in [9.17, 15) is 13.2 Å². The van der Waals surface area contributed by atoms with Crippen LogP contribution in [-0.2, 0) is 10.0 Å². The Balaban J connectivity index is 2.12. The molecule has 0 saturated heterocycles. The molecule has 0 fully saturated rings. The number of pyridine rings is 1. The fraction of sp³-hybridized carbons (Fsp3) is 0.294. The van der Waals surface area contributed by atoms with Crippen LogP contribution in [0.4, 0.5) is 5.69 Å². The van der Waals surface area contributed by atoms with E-state index in [2.05, 4.69) is 16.6 Å². The highest BCUT2D eigenvalue weighted by atomic mass is 32.2. The Morgan fingerprint density at radius 3 is 2.57 bits per heavy atom. The molecule has 6 heteroatoms. The summed E-state index contributed by atoms with van der Waals surface area (Å²) in [6.45, 7) is 2.07. The predicted molar refractivity (Wildman–Crippen MR) is 90.0 cm³/mol. The molecule has 23 heavy (non-hydrogen) atoms. The number of nitrogens with zero attached hydrogens (tertiary/aromatic N) is 1. The van der Waals surface area contributed by atoms with E-state index < -0.39 is 10.0 Å². The first-order valence-corrected chi connectivity index (χ1v) is 9.08. The molecule has 2 aromatic rings. The summed E-state index contributed by atoms with van der Waals surface area (Å²) in [4.78, 5) is 16.3. The third-order valence-electron chi connectivity index (χ3n) is 3.36. The number of carbonyl (C=O) groups excluding carboxylic acids is 1. The predicted octanol–water partition coefficient (Wildman–Crippen LogP) is 3.65. The molecule has 0 unspecified atom stereocenters. The van der Waals surface area contributed by atoms with Crippen LogP contribution in [0.15, 0.2) is 53.6 Å². The van der Waals surface area contributed by atoms with Crippen LogP contribution in [0.2, 0.25) is 0 Å². The first-order chi connectivity index (χ1) is 11.0. The minimum absolute atomic E-state index is 0.0702. The third-order valence-corrected chi connectivity index (χ3v) is 4.76. The second kappa shape index (κ2) is 7.87. The number of nitrogens with one attached hydrogen (secondary N) is 1. The summed E-state index contributed by atoms with van der Waals surface area (Å²) in [5.74, 6) is -0.0702. The minimum atomic E-state index is -3.67. The van der Waals surface area contributed by atoms with Gasteiger partial charge in [-0.2, -0.15) is 0 Å². The van der Waals surface area contributed by atoms with Crippen LogP contribution in [0.5, 0.6) is 0 Å². The Bertz CT molecular complexity index is 758. The van der Waals surface area contributed by atoms with E-state index in [0.717, 1.165) is 19.3 Å². The maximum absolute atomic E-state index is 12.3. The van der Waals surface area contributed by atoms with Crippen molar-refractivity contribution in [2.45, 2.75) is 37.5 Å². The van der Waals surface area contributed by atoms with Gasteiger partial charge in [0.15, 0.2) is 5.78 Å². The van der Waals surface area contributed by atoms with E-state index >= 15 is 0 Å². The molecular weight excluding hydrogens is 312 g/mol. The normalized spacial score (nSPS) is 11.2. The lowest BCUT2D eigenvalue weighted by Gasteiger charge is -2.09. The van der Waals surface area contributed by atoms with Gasteiger partial charge >= 0.3 is 0 Å². The number of anilines is 1. The van der Waals surface area contributed by atoms with Crippen LogP contribution in [0.25, 0.3) is 0 Å². The van der Waals surface area contributed by atoms with E-state index in [-0.39, 0.29) is 16.4 Å². The van der Waals surface area contributed by atoms with Crippen LogP contribution in [0.3, 0.4) is 0 Å². The maximum Gasteiger partial charge on any atom is 0.261 e. The Kier molecular flexibility index (Phi) is 5.87. The largest absolute Gasteiger partial charge is 0.292 e. The lowest BCUT2D eigenvalue weighted by Crippen LogP contribution is -2.13. The van der Waals surface area contributed by atoms with Gasteiger partial charge in [-0.05, 0) is 30.7 Å². The molecule has 0 aliphatic heterocycles. The van der Waals surface area contributed by atoms with Crippen LogP contribution in [0.1, 0.15) is 43.1 Å². The van der Waals surface area contributed by atoms with Crippen molar-refractivity contribution in [3.05, 3.63) is 54.4 Å². The first-order valence-electron chi connectivity index (χ1n) is 7.60. The summed E-state index contributed by atoms with van der Waals surface area (Å²) >= 11 is 0. The topological polar surface area (TPSA) is 76.1 Å². The van der Waals surface area contributed by atoms with Gasteiger partial charge in [0.25, 0.3) is 10.0 Å². The fourth-order valence-electron chi connectivity index (χ4n) is 2.12. The molecule has 0 spiro atoms. The molecule has 1 aromatic carbocycles. The molecule has 5 nitrogen and oxygen atoms in total.